The zero-order chi connectivity index (χ0) is 16.2. The van der Waals surface area contributed by atoms with Crippen molar-refractivity contribution in [3.63, 3.8) is 0 Å². The minimum Gasteiger partial charge on any atom is -0.497 e. The lowest BCUT2D eigenvalue weighted by Gasteiger charge is -2.26. The molecule has 120 valence electrons. The van der Waals surface area contributed by atoms with Crippen LogP contribution >= 0.6 is 0 Å². The van der Waals surface area contributed by atoms with Crippen LogP contribution in [0.5, 0.6) is 11.5 Å². The average molecular weight is 311 g/mol. The summed E-state index contributed by atoms with van der Waals surface area (Å²) < 4.78 is 10.6. The van der Waals surface area contributed by atoms with Gasteiger partial charge in [-0.25, -0.2) is 0 Å². The molecule has 2 aromatic rings. The number of likely N-dealkylation sites (tertiary alicyclic amines) is 1. The van der Waals surface area contributed by atoms with Crippen LogP contribution in [-0.4, -0.2) is 25.0 Å². The molecule has 3 rings (SSSR count). The highest BCUT2D eigenvalue weighted by molar-refractivity contribution is 5.79. The van der Waals surface area contributed by atoms with Crippen LogP contribution < -0.4 is 9.47 Å². The summed E-state index contributed by atoms with van der Waals surface area (Å²) in [5.41, 5.74) is 2.18. The van der Waals surface area contributed by atoms with Crippen molar-refractivity contribution < 1.29 is 14.3 Å². The maximum absolute atomic E-state index is 12.3. The van der Waals surface area contributed by atoms with Crippen LogP contribution in [0.2, 0.25) is 0 Å². The molecule has 1 aliphatic heterocycles. The summed E-state index contributed by atoms with van der Waals surface area (Å²) >= 11 is 0. The van der Waals surface area contributed by atoms with Crippen molar-refractivity contribution in [2.45, 2.75) is 25.4 Å². The molecule has 0 N–H and O–H groups in total. The monoisotopic (exact) mass is 311 g/mol. The Morgan fingerprint density at radius 2 is 1.78 bits per heavy atom. The number of benzene rings is 2. The third kappa shape index (κ3) is 3.16. The third-order valence-corrected chi connectivity index (χ3v) is 4.36. The van der Waals surface area contributed by atoms with Crippen LogP contribution in [0.1, 0.15) is 30.0 Å². The zero-order valence-corrected chi connectivity index (χ0v) is 13.5. The largest absolute Gasteiger partial charge is 0.497 e. The molecule has 4 nitrogen and oxygen atoms in total. The number of amides is 1. The van der Waals surface area contributed by atoms with Crippen LogP contribution in [0.25, 0.3) is 0 Å². The molecule has 1 amide bonds. The van der Waals surface area contributed by atoms with Gasteiger partial charge in [0.1, 0.15) is 11.5 Å². The predicted molar refractivity (Wildman–Crippen MR) is 88.5 cm³/mol. The molecule has 0 spiro atoms. The molecule has 2 aromatic carbocycles. The zero-order valence-electron chi connectivity index (χ0n) is 13.5. The number of hydrogen-bond donors (Lipinski definition) is 0. The molecule has 0 bridgehead atoms. The Kier molecular flexibility index (Phi) is 4.51. The summed E-state index contributed by atoms with van der Waals surface area (Å²) in [5, 5.41) is 0. The van der Waals surface area contributed by atoms with E-state index in [0.717, 1.165) is 29.0 Å². The summed E-state index contributed by atoms with van der Waals surface area (Å²) in [4.78, 5) is 14.3. The molecular weight excluding hydrogens is 290 g/mol. The number of carbonyl (C=O) groups is 1. The van der Waals surface area contributed by atoms with Gasteiger partial charge in [0.2, 0.25) is 5.91 Å². The van der Waals surface area contributed by atoms with Gasteiger partial charge in [-0.1, -0.05) is 30.3 Å². The first-order chi connectivity index (χ1) is 11.2. The van der Waals surface area contributed by atoms with Crippen molar-refractivity contribution in [3.05, 3.63) is 59.7 Å². The maximum atomic E-state index is 12.3. The van der Waals surface area contributed by atoms with Crippen molar-refractivity contribution in [1.29, 1.82) is 0 Å². The number of nitrogens with zero attached hydrogens (tertiary/aromatic N) is 1. The van der Waals surface area contributed by atoms with Crippen molar-refractivity contribution in [1.82, 2.24) is 4.90 Å². The van der Waals surface area contributed by atoms with Gasteiger partial charge in [0.25, 0.3) is 0 Å². The van der Waals surface area contributed by atoms with Crippen molar-refractivity contribution in [2.75, 3.05) is 14.2 Å². The van der Waals surface area contributed by atoms with Crippen LogP contribution in [0.15, 0.2) is 48.5 Å². The first-order valence-electron chi connectivity index (χ1n) is 7.78. The first kappa shape index (κ1) is 15.4. The molecule has 0 saturated carbocycles. The molecule has 1 heterocycles. The van der Waals surface area contributed by atoms with E-state index >= 15 is 0 Å². The Morgan fingerprint density at radius 3 is 2.48 bits per heavy atom. The highest BCUT2D eigenvalue weighted by Gasteiger charge is 2.32. The standard InChI is InChI=1S/C19H21NO3/c1-22-16-9-7-14(8-10-16)17-11-12-19(21)20(17)13-15-5-3-4-6-18(15)23-2/h3-10,17H,11-13H2,1-2H3/t17-/m0/s1. The highest BCUT2D eigenvalue weighted by Crippen LogP contribution is 2.35. The van der Waals surface area contributed by atoms with Gasteiger partial charge >= 0.3 is 0 Å². The van der Waals surface area contributed by atoms with E-state index in [-0.39, 0.29) is 11.9 Å². The number of para-hydroxylation sites is 1. The quantitative estimate of drug-likeness (QED) is 0.847. The van der Waals surface area contributed by atoms with E-state index in [4.69, 9.17) is 9.47 Å². The molecule has 0 radical (unpaired) electrons. The maximum Gasteiger partial charge on any atom is 0.223 e. The van der Waals surface area contributed by atoms with Crippen molar-refractivity contribution in [3.8, 4) is 11.5 Å². The van der Waals surface area contributed by atoms with Gasteiger partial charge in [0, 0.05) is 18.5 Å². The van der Waals surface area contributed by atoms with Gasteiger partial charge in [-0.05, 0) is 30.2 Å². The van der Waals surface area contributed by atoms with Gasteiger partial charge in [-0.15, -0.1) is 0 Å². The third-order valence-electron chi connectivity index (χ3n) is 4.36. The summed E-state index contributed by atoms with van der Waals surface area (Å²) in [5.74, 6) is 1.84. The van der Waals surface area contributed by atoms with Crippen molar-refractivity contribution in [2.24, 2.45) is 0 Å². The van der Waals surface area contributed by atoms with E-state index in [1.165, 1.54) is 0 Å². The van der Waals surface area contributed by atoms with Crippen LogP contribution in [-0.2, 0) is 11.3 Å². The van der Waals surface area contributed by atoms with Crippen molar-refractivity contribution >= 4 is 5.91 Å². The Morgan fingerprint density at radius 1 is 1.04 bits per heavy atom. The molecule has 1 atom stereocenters. The van der Waals surface area contributed by atoms with Gasteiger partial charge < -0.3 is 14.4 Å². The molecule has 0 aromatic heterocycles. The second-order valence-corrected chi connectivity index (χ2v) is 5.66. The Balaban J connectivity index is 1.84. The van der Waals surface area contributed by atoms with E-state index in [1.54, 1.807) is 14.2 Å². The Hall–Kier alpha value is -2.49. The van der Waals surface area contributed by atoms with Crippen LogP contribution in [0, 0.1) is 0 Å². The van der Waals surface area contributed by atoms with Crippen LogP contribution in [0.4, 0.5) is 0 Å². The molecule has 1 saturated heterocycles. The van der Waals surface area contributed by atoms with Crippen LogP contribution in [0.3, 0.4) is 0 Å². The minimum absolute atomic E-state index is 0.110. The summed E-state index contributed by atoms with van der Waals surface area (Å²) in [6.45, 7) is 0.569. The van der Waals surface area contributed by atoms with Gasteiger partial charge in [-0.2, -0.15) is 0 Å². The molecule has 1 fully saturated rings. The minimum atomic E-state index is 0.110. The van der Waals surface area contributed by atoms with E-state index < -0.39 is 0 Å². The first-order valence-corrected chi connectivity index (χ1v) is 7.78. The van der Waals surface area contributed by atoms with E-state index in [9.17, 15) is 4.79 Å². The number of hydrogen-bond acceptors (Lipinski definition) is 3. The number of methoxy groups -OCH3 is 2. The summed E-state index contributed by atoms with van der Waals surface area (Å²) in [6.07, 6.45) is 1.44. The summed E-state index contributed by atoms with van der Waals surface area (Å²) in [7, 11) is 3.31. The number of ether oxygens (including phenoxy) is 2. The molecule has 4 heteroatoms. The fourth-order valence-electron chi connectivity index (χ4n) is 3.12. The SMILES string of the molecule is COc1ccc([C@@H]2CCC(=O)N2Cc2ccccc2OC)cc1. The highest BCUT2D eigenvalue weighted by atomic mass is 16.5. The fourth-order valence-corrected chi connectivity index (χ4v) is 3.12. The van der Waals surface area contributed by atoms with Gasteiger partial charge in [0.15, 0.2) is 0 Å². The fraction of sp³-hybridized carbons (Fsp3) is 0.316. The normalized spacial score (nSPS) is 17.4. The lowest BCUT2D eigenvalue weighted by atomic mass is 10.0. The Labute approximate surface area is 136 Å². The van der Waals surface area contributed by atoms with E-state index in [2.05, 4.69) is 0 Å². The molecule has 0 unspecified atom stereocenters. The summed E-state index contributed by atoms with van der Waals surface area (Å²) in [6, 6.07) is 15.9. The molecule has 23 heavy (non-hydrogen) atoms. The van der Waals surface area contributed by atoms with E-state index in [0.29, 0.717) is 13.0 Å². The lowest BCUT2D eigenvalue weighted by molar-refractivity contribution is -0.129. The van der Waals surface area contributed by atoms with Gasteiger partial charge in [0.05, 0.1) is 20.3 Å². The topological polar surface area (TPSA) is 38.8 Å². The number of rotatable bonds is 5. The number of carbonyl (C=O) groups excluding carboxylic acids is 1. The second kappa shape index (κ2) is 6.73. The van der Waals surface area contributed by atoms with Gasteiger partial charge in [-0.3, -0.25) is 4.79 Å². The molecule has 1 aliphatic rings. The molecule has 0 aliphatic carbocycles. The second-order valence-electron chi connectivity index (χ2n) is 5.66. The average Bonchev–Trinajstić information content (AvgIpc) is 2.96. The van der Waals surface area contributed by atoms with E-state index in [1.807, 2.05) is 53.4 Å². The lowest BCUT2D eigenvalue weighted by Crippen LogP contribution is -2.27. The Bertz CT molecular complexity index is 681. The predicted octanol–water partition coefficient (Wildman–Crippen LogP) is 3.57. The molecular formula is C19H21NO3. The smallest absolute Gasteiger partial charge is 0.223 e.